The molecule has 9 nitrogen and oxygen atoms in total. The number of carbonyl (C=O) groups excluding carboxylic acids is 1. The van der Waals surface area contributed by atoms with Crippen LogP contribution in [0.5, 0.6) is 0 Å². The van der Waals surface area contributed by atoms with Gasteiger partial charge in [0.25, 0.3) is 0 Å². The van der Waals surface area contributed by atoms with Gasteiger partial charge in [0.05, 0.1) is 11.3 Å². The third-order valence-electron chi connectivity index (χ3n) is 2.99. The highest BCUT2D eigenvalue weighted by atomic mass is 16.4. The van der Waals surface area contributed by atoms with Crippen LogP contribution in [-0.4, -0.2) is 44.7 Å². The van der Waals surface area contributed by atoms with Crippen molar-refractivity contribution < 1.29 is 24.6 Å². The number of aromatic nitrogens is 2. The second-order valence-corrected chi connectivity index (χ2v) is 4.65. The second-order valence-electron chi connectivity index (χ2n) is 4.65. The number of nitrogens with one attached hydrogen (secondary N) is 2. The molecule has 2 aromatic rings. The molecular weight excluding hydrogens is 316 g/mol. The fraction of sp³-hybridized carbons (Fsp3) is 0.133. The van der Waals surface area contributed by atoms with Crippen molar-refractivity contribution in [3.8, 4) is 11.3 Å². The Morgan fingerprint density at radius 3 is 2.38 bits per heavy atom. The zero-order chi connectivity index (χ0) is 17.7. The maximum absolute atomic E-state index is 11.5. The number of hydrogen-bond acceptors (Lipinski definition) is 5. The monoisotopic (exact) mass is 330 g/mol. The zero-order valence-corrected chi connectivity index (χ0v) is 12.6. The maximum Gasteiger partial charge on any atom is 0.339 e. The van der Waals surface area contributed by atoms with E-state index >= 15 is 0 Å². The molecule has 24 heavy (non-hydrogen) atoms. The van der Waals surface area contributed by atoms with Gasteiger partial charge in [0.1, 0.15) is 11.4 Å². The minimum Gasteiger partial charge on any atom is -0.478 e. The van der Waals surface area contributed by atoms with Gasteiger partial charge in [-0.25, -0.2) is 19.4 Å². The molecule has 0 aliphatic carbocycles. The lowest BCUT2D eigenvalue weighted by molar-refractivity contribution is 0.0686. The predicted molar refractivity (Wildman–Crippen MR) is 84.1 cm³/mol. The summed E-state index contributed by atoms with van der Waals surface area (Å²) in [6.07, 6.45) is 2.51. The Morgan fingerprint density at radius 2 is 1.83 bits per heavy atom. The zero-order valence-electron chi connectivity index (χ0n) is 12.6. The van der Waals surface area contributed by atoms with E-state index in [1.165, 1.54) is 30.6 Å². The minimum atomic E-state index is -1.27. The molecule has 0 spiro atoms. The molecule has 0 radical (unpaired) electrons. The summed E-state index contributed by atoms with van der Waals surface area (Å²) in [5, 5.41) is 23.0. The van der Waals surface area contributed by atoms with Gasteiger partial charge in [-0.3, -0.25) is 10.3 Å². The topological polar surface area (TPSA) is 142 Å². The van der Waals surface area contributed by atoms with Crippen molar-refractivity contribution >= 4 is 23.8 Å². The van der Waals surface area contributed by atoms with E-state index in [4.69, 9.17) is 5.11 Å². The van der Waals surface area contributed by atoms with Crippen molar-refractivity contribution in [2.75, 3.05) is 11.9 Å². The Balaban J connectivity index is 2.36. The molecule has 2 rings (SSSR count). The Bertz CT molecular complexity index is 789. The predicted octanol–water partition coefficient (Wildman–Crippen LogP) is 1.68. The van der Waals surface area contributed by atoms with Crippen LogP contribution in [0.2, 0.25) is 0 Å². The normalized spacial score (nSPS) is 10.0. The number of nitrogens with zero attached hydrogens (tertiary/aromatic N) is 2. The highest BCUT2D eigenvalue weighted by Gasteiger charge is 2.16. The number of hydrogen-bond donors (Lipinski definition) is 4. The Morgan fingerprint density at radius 1 is 1.08 bits per heavy atom. The summed E-state index contributed by atoms with van der Waals surface area (Å²) >= 11 is 0. The van der Waals surface area contributed by atoms with Gasteiger partial charge in [-0.2, -0.15) is 0 Å². The van der Waals surface area contributed by atoms with Gasteiger partial charge < -0.3 is 15.5 Å². The number of carboxylic acid groups (broad SMARTS) is 2. The van der Waals surface area contributed by atoms with Crippen LogP contribution in [0.3, 0.4) is 0 Å². The molecule has 0 unspecified atom stereocenters. The summed E-state index contributed by atoms with van der Waals surface area (Å²) in [6.45, 7) is 2.10. The number of amides is 2. The first-order valence-corrected chi connectivity index (χ1v) is 6.90. The van der Waals surface area contributed by atoms with Crippen molar-refractivity contribution in [3.05, 3.63) is 41.7 Å². The third-order valence-corrected chi connectivity index (χ3v) is 2.99. The number of urea groups is 1. The van der Waals surface area contributed by atoms with Crippen LogP contribution in [0.1, 0.15) is 27.6 Å². The third kappa shape index (κ3) is 3.83. The average Bonchev–Trinajstić information content (AvgIpc) is 2.55. The molecule has 9 heteroatoms. The van der Waals surface area contributed by atoms with Gasteiger partial charge in [-0.1, -0.05) is 0 Å². The first-order chi connectivity index (χ1) is 11.4. The summed E-state index contributed by atoms with van der Waals surface area (Å²) < 4.78 is 0. The van der Waals surface area contributed by atoms with Gasteiger partial charge in [-0.05, 0) is 25.1 Å². The van der Waals surface area contributed by atoms with Crippen LogP contribution < -0.4 is 10.6 Å². The Labute approximate surface area is 136 Å². The molecule has 0 bridgehead atoms. The van der Waals surface area contributed by atoms with Crippen molar-refractivity contribution in [1.82, 2.24) is 15.3 Å². The van der Waals surface area contributed by atoms with E-state index in [-0.39, 0.29) is 16.9 Å². The van der Waals surface area contributed by atoms with Gasteiger partial charge in [0.2, 0.25) is 0 Å². The summed E-state index contributed by atoms with van der Waals surface area (Å²) in [6, 6.07) is 3.54. The smallest absolute Gasteiger partial charge is 0.339 e. The van der Waals surface area contributed by atoms with E-state index in [0.717, 1.165) is 0 Å². The van der Waals surface area contributed by atoms with Crippen molar-refractivity contribution in [3.63, 3.8) is 0 Å². The first kappa shape index (κ1) is 16.9. The molecule has 0 aliphatic rings. The lowest BCUT2D eigenvalue weighted by atomic mass is 10.1. The summed E-state index contributed by atoms with van der Waals surface area (Å²) in [5.41, 5.74) is 0.549. The van der Waals surface area contributed by atoms with Crippen LogP contribution in [0.15, 0.2) is 30.6 Å². The molecule has 0 saturated heterocycles. The molecule has 0 atom stereocenters. The molecule has 0 fully saturated rings. The summed E-state index contributed by atoms with van der Waals surface area (Å²) in [7, 11) is 0. The SMILES string of the molecule is CCNC(=O)Nc1ncc(-c2ccc(C(=O)O)cn2)cc1C(=O)O. The number of carbonyl (C=O) groups is 3. The first-order valence-electron chi connectivity index (χ1n) is 6.90. The van der Waals surface area contributed by atoms with Gasteiger partial charge in [0, 0.05) is 24.5 Å². The molecule has 0 aromatic carbocycles. The van der Waals surface area contributed by atoms with E-state index in [0.29, 0.717) is 17.8 Å². The second kappa shape index (κ2) is 7.18. The van der Waals surface area contributed by atoms with Crippen molar-refractivity contribution in [2.24, 2.45) is 0 Å². The quantitative estimate of drug-likeness (QED) is 0.653. The Hall–Kier alpha value is -3.49. The van der Waals surface area contributed by atoms with Crippen LogP contribution >= 0.6 is 0 Å². The summed E-state index contributed by atoms with van der Waals surface area (Å²) in [4.78, 5) is 41.6. The van der Waals surface area contributed by atoms with Crippen LogP contribution in [-0.2, 0) is 0 Å². The Kier molecular flexibility index (Phi) is 5.05. The van der Waals surface area contributed by atoms with E-state index in [1.807, 2.05) is 0 Å². The molecule has 0 aliphatic heterocycles. The standard InChI is InChI=1S/C15H14N4O5/c1-2-16-15(24)19-12-10(14(22)23)5-9(7-18-12)11-4-3-8(6-17-11)13(20)21/h3-7H,2H2,1H3,(H,20,21)(H,22,23)(H2,16,18,19,24). The average molecular weight is 330 g/mol. The molecule has 2 heterocycles. The lowest BCUT2D eigenvalue weighted by Gasteiger charge is -2.09. The van der Waals surface area contributed by atoms with Crippen LogP contribution in [0.25, 0.3) is 11.3 Å². The van der Waals surface area contributed by atoms with Crippen LogP contribution in [0, 0.1) is 0 Å². The van der Waals surface area contributed by atoms with E-state index in [9.17, 15) is 19.5 Å². The maximum atomic E-state index is 11.5. The number of pyridine rings is 2. The van der Waals surface area contributed by atoms with Crippen molar-refractivity contribution in [2.45, 2.75) is 6.92 Å². The van der Waals surface area contributed by atoms with E-state index in [1.54, 1.807) is 6.92 Å². The number of aromatic carboxylic acids is 2. The molecule has 2 aromatic heterocycles. The number of rotatable bonds is 5. The van der Waals surface area contributed by atoms with Gasteiger partial charge in [-0.15, -0.1) is 0 Å². The fourth-order valence-corrected chi connectivity index (χ4v) is 1.87. The number of anilines is 1. The molecule has 2 amide bonds. The molecular formula is C15H14N4O5. The van der Waals surface area contributed by atoms with Crippen LogP contribution in [0.4, 0.5) is 10.6 Å². The van der Waals surface area contributed by atoms with E-state index in [2.05, 4.69) is 20.6 Å². The lowest BCUT2D eigenvalue weighted by Crippen LogP contribution is -2.29. The van der Waals surface area contributed by atoms with E-state index < -0.39 is 18.0 Å². The molecule has 0 saturated carbocycles. The molecule has 124 valence electrons. The highest BCUT2D eigenvalue weighted by molar-refractivity contribution is 5.99. The molecule has 4 N–H and O–H groups in total. The van der Waals surface area contributed by atoms with Gasteiger partial charge >= 0.3 is 18.0 Å². The highest BCUT2D eigenvalue weighted by Crippen LogP contribution is 2.22. The summed E-state index contributed by atoms with van der Waals surface area (Å²) in [5.74, 6) is -2.47. The minimum absolute atomic E-state index is 0.0136. The number of carboxylic acids is 2. The fourth-order valence-electron chi connectivity index (χ4n) is 1.87. The van der Waals surface area contributed by atoms with Gasteiger partial charge in [0.15, 0.2) is 0 Å². The van der Waals surface area contributed by atoms with Crippen molar-refractivity contribution in [1.29, 1.82) is 0 Å². The largest absolute Gasteiger partial charge is 0.478 e.